The molecular formula is C31H45N7O2. The molecule has 216 valence electrons. The van der Waals surface area contributed by atoms with Gasteiger partial charge in [-0.1, -0.05) is 32.4 Å². The fourth-order valence-electron chi connectivity index (χ4n) is 4.38. The number of hydrogen-bond acceptors (Lipinski definition) is 8. The highest BCUT2D eigenvalue weighted by molar-refractivity contribution is 5.63. The van der Waals surface area contributed by atoms with Crippen molar-refractivity contribution in [2.45, 2.75) is 66.3 Å². The topological polar surface area (TPSA) is 88.3 Å². The fraction of sp³-hybridized carbons (Fsp3) is 0.452. The molecule has 3 aromatic rings. The van der Waals surface area contributed by atoms with Crippen molar-refractivity contribution in [3.05, 3.63) is 70.5 Å². The second-order valence-electron chi connectivity index (χ2n) is 9.85. The Kier molecular flexibility index (Phi) is 11.4. The molecule has 0 fully saturated rings. The summed E-state index contributed by atoms with van der Waals surface area (Å²) in [6.45, 7) is 9.12. The summed E-state index contributed by atoms with van der Waals surface area (Å²) in [6, 6.07) is 7.87. The first kappa shape index (κ1) is 30.5. The van der Waals surface area contributed by atoms with Crippen LogP contribution >= 0.6 is 0 Å². The van der Waals surface area contributed by atoms with Gasteiger partial charge >= 0.3 is 0 Å². The van der Waals surface area contributed by atoms with Gasteiger partial charge in [0.2, 0.25) is 5.95 Å². The number of unbranched alkanes of at least 4 members (excludes halogenated alkanes) is 1. The molecule has 2 aromatic heterocycles. The minimum Gasteiger partial charge on any atom is -0.493 e. The highest BCUT2D eigenvalue weighted by Crippen LogP contribution is 2.31. The Hall–Kier alpha value is -4.01. The largest absolute Gasteiger partial charge is 0.493 e. The zero-order chi connectivity index (χ0) is 29.1. The number of imidazole rings is 1. The molecule has 0 bridgehead atoms. The first-order chi connectivity index (χ1) is 19.3. The second-order valence-corrected chi connectivity index (χ2v) is 9.85. The van der Waals surface area contributed by atoms with E-state index in [1.54, 1.807) is 14.2 Å². The van der Waals surface area contributed by atoms with Crippen molar-refractivity contribution >= 4 is 17.8 Å². The Morgan fingerprint density at radius 2 is 1.98 bits per heavy atom. The quantitative estimate of drug-likeness (QED) is 0.135. The van der Waals surface area contributed by atoms with Crippen LogP contribution in [-0.2, 0) is 13.0 Å². The number of methoxy groups -OCH3 is 2. The zero-order valence-corrected chi connectivity index (χ0v) is 25.3. The maximum Gasteiger partial charge on any atom is 0.213 e. The van der Waals surface area contributed by atoms with Crippen LogP contribution in [0.1, 0.15) is 63.4 Å². The summed E-state index contributed by atoms with van der Waals surface area (Å²) in [6.07, 6.45) is 10.9. The van der Waals surface area contributed by atoms with Crippen LogP contribution in [0.15, 0.2) is 58.6 Å². The van der Waals surface area contributed by atoms with Gasteiger partial charge in [-0.05, 0) is 50.8 Å². The Balaban J connectivity index is 1.84. The Morgan fingerprint density at radius 3 is 2.65 bits per heavy atom. The van der Waals surface area contributed by atoms with Gasteiger partial charge in [-0.2, -0.15) is 5.10 Å². The lowest BCUT2D eigenvalue weighted by Gasteiger charge is -2.17. The van der Waals surface area contributed by atoms with E-state index >= 15 is 0 Å². The number of nitrogens with zero attached hydrogens (tertiary/aromatic N) is 5. The molecule has 0 aliphatic rings. The van der Waals surface area contributed by atoms with Crippen LogP contribution in [0.3, 0.4) is 0 Å². The van der Waals surface area contributed by atoms with Crippen molar-refractivity contribution in [1.82, 2.24) is 24.7 Å². The summed E-state index contributed by atoms with van der Waals surface area (Å²) < 4.78 is 13.0. The number of fused-ring (bicyclic) bond motifs is 1. The zero-order valence-electron chi connectivity index (χ0n) is 25.3. The second kappa shape index (κ2) is 15.0. The highest BCUT2D eigenvalue weighted by atomic mass is 16.5. The average Bonchev–Trinajstić information content (AvgIpc) is 3.34. The summed E-state index contributed by atoms with van der Waals surface area (Å²) >= 11 is 0. The molecule has 3 rings (SSSR count). The molecule has 2 N–H and O–H groups in total. The fourth-order valence-corrected chi connectivity index (χ4v) is 4.38. The number of anilines is 1. The van der Waals surface area contributed by atoms with E-state index in [0.29, 0.717) is 18.7 Å². The van der Waals surface area contributed by atoms with E-state index in [9.17, 15) is 0 Å². The number of hydrazone groups is 1. The summed E-state index contributed by atoms with van der Waals surface area (Å²) in [4.78, 5) is 9.70. The van der Waals surface area contributed by atoms with Crippen molar-refractivity contribution in [3.8, 4) is 11.5 Å². The number of hydrogen-bond donors (Lipinski definition) is 2. The van der Waals surface area contributed by atoms with E-state index in [-0.39, 0.29) is 0 Å². The Morgan fingerprint density at radius 1 is 1.18 bits per heavy atom. The van der Waals surface area contributed by atoms with Crippen molar-refractivity contribution in [1.29, 1.82) is 0 Å². The van der Waals surface area contributed by atoms with Crippen LogP contribution in [0.25, 0.3) is 5.65 Å². The molecule has 9 heteroatoms. The van der Waals surface area contributed by atoms with Crippen molar-refractivity contribution in [2.24, 2.45) is 5.10 Å². The molecule has 1 aromatic carbocycles. The van der Waals surface area contributed by atoms with E-state index in [1.165, 1.54) is 11.3 Å². The van der Waals surface area contributed by atoms with Crippen LogP contribution in [0.2, 0.25) is 0 Å². The monoisotopic (exact) mass is 547 g/mol. The van der Waals surface area contributed by atoms with Gasteiger partial charge in [-0.15, -0.1) is 0 Å². The summed E-state index contributed by atoms with van der Waals surface area (Å²) in [5.41, 5.74) is 7.19. The maximum atomic E-state index is 5.56. The molecule has 2 heterocycles. The van der Waals surface area contributed by atoms with Gasteiger partial charge < -0.3 is 20.1 Å². The van der Waals surface area contributed by atoms with Gasteiger partial charge in [0.05, 0.1) is 32.2 Å². The molecule has 0 aliphatic carbocycles. The number of aryl methyl sites for hydroxylation is 1. The highest BCUT2D eigenvalue weighted by Gasteiger charge is 2.12. The standard InChI is InChI=1S/C31H45N7O2/c1-9-11-14-25(32-5)18-27(22(3)10-2)36-31-35-26(19-29-34-23(4)20-38(29)31)16-17-33-37(6)21-24-13-12-15-28(39-7)30(24)40-8/h12-13,15,17-20,32H,9-11,14,16,21H2,1-8H3,(H,35,36)/b25-18-,27-22-,33-17-. The van der Waals surface area contributed by atoms with E-state index in [1.807, 2.05) is 67.1 Å². The van der Waals surface area contributed by atoms with Crippen LogP contribution in [0, 0.1) is 6.92 Å². The Labute approximate surface area is 239 Å². The van der Waals surface area contributed by atoms with Gasteiger partial charge in [0.15, 0.2) is 11.5 Å². The van der Waals surface area contributed by atoms with Gasteiger partial charge in [-0.3, -0.25) is 9.41 Å². The van der Waals surface area contributed by atoms with Gasteiger partial charge in [0.25, 0.3) is 0 Å². The minimum absolute atomic E-state index is 0.566. The van der Waals surface area contributed by atoms with Crippen LogP contribution in [-0.4, -0.2) is 53.9 Å². The van der Waals surface area contributed by atoms with Crippen molar-refractivity contribution < 1.29 is 9.47 Å². The van der Waals surface area contributed by atoms with Crippen LogP contribution in [0.4, 0.5) is 5.95 Å². The number of para-hydroxylation sites is 1. The molecule has 40 heavy (non-hydrogen) atoms. The molecule has 0 amide bonds. The van der Waals surface area contributed by atoms with E-state index in [0.717, 1.165) is 65.7 Å². The lowest BCUT2D eigenvalue weighted by molar-refractivity contribution is 0.321. The molecule has 0 radical (unpaired) electrons. The maximum absolute atomic E-state index is 5.56. The number of nitrogens with one attached hydrogen (secondary N) is 2. The smallest absolute Gasteiger partial charge is 0.213 e. The summed E-state index contributed by atoms with van der Waals surface area (Å²) in [5, 5.41) is 13.5. The van der Waals surface area contributed by atoms with E-state index < -0.39 is 0 Å². The van der Waals surface area contributed by atoms with E-state index in [2.05, 4.69) is 42.6 Å². The molecule has 9 nitrogen and oxygen atoms in total. The molecule has 0 atom stereocenters. The summed E-state index contributed by atoms with van der Waals surface area (Å²) in [5.74, 6) is 2.17. The normalized spacial score (nSPS) is 12.6. The Bertz CT molecular complexity index is 1360. The third-order valence-corrected chi connectivity index (χ3v) is 6.77. The number of rotatable bonds is 15. The number of allylic oxidation sites excluding steroid dienone is 3. The third-order valence-electron chi connectivity index (χ3n) is 6.77. The van der Waals surface area contributed by atoms with Gasteiger partial charge in [0, 0.05) is 56.0 Å². The molecular weight excluding hydrogens is 502 g/mol. The first-order valence-corrected chi connectivity index (χ1v) is 14.0. The first-order valence-electron chi connectivity index (χ1n) is 14.0. The van der Waals surface area contributed by atoms with Crippen LogP contribution < -0.4 is 20.1 Å². The molecule has 0 unspecified atom stereocenters. The minimum atomic E-state index is 0.566. The predicted molar refractivity (Wildman–Crippen MR) is 164 cm³/mol. The number of ether oxygens (including phenoxy) is 2. The lowest BCUT2D eigenvalue weighted by Crippen LogP contribution is -2.13. The third kappa shape index (κ3) is 8.00. The lowest BCUT2D eigenvalue weighted by atomic mass is 10.1. The van der Waals surface area contributed by atoms with E-state index in [4.69, 9.17) is 19.4 Å². The van der Waals surface area contributed by atoms with Gasteiger partial charge in [-0.25, -0.2) is 9.97 Å². The van der Waals surface area contributed by atoms with Gasteiger partial charge in [0.1, 0.15) is 5.65 Å². The van der Waals surface area contributed by atoms with Crippen molar-refractivity contribution in [3.63, 3.8) is 0 Å². The average molecular weight is 548 g/mol. The molecule has 0 spiro atoms. The van der Waals surface area contributed by atoms with Crippen LogP contribution in [0.5, 0.6) is 11.5 Å². The SMILES string of the molecule is CCCC/C(=C/C(Nc1nc(C/C=N\N(C)Cc2cccc(OC)c2OC)cc2nc(C)cn12)=C(\C)CC)NC. The molecule has 0 saturated heterocycles. The summed E-state index contributed by atoms with van der Waals surface area (Å²) in [7, 11) is 7.21. The number of benzene rings is 1. The number of aromatic nitrogens is 3. The van der Waals surface area contributed by atoms with Crippen molar-refractivity contribution in [2.75, 3.05) is 33.6 Å². The molecule has 0 saturated carbocycles. The molecule has 0 aliphatic heterocycles. The predicted octanol–water partition coefficient (Wildman–Crippen LogP) is 6.10.